The number of nitrogen functional groups attached to an aromatic ring is 1. The topological polar surface area (TPSA) is 80.0 Å². The number of nitrogens with zero attached hydrogens (tertiary/aromatic N) is 1. The fourth-order valence-corrected chi connectivity index (χ4v) is 2.54. The van der Waals surface area contributed by atoms with Crippen molar-refractivity contribution < 1.29 is 13.6 Å². The minimum absolute atomic E-state index is 0.0173. The van der Waals surface area contributed by atoms with Gasteiger partial charge in [0.25, 0.3) is 5.91 Å². The summed E-state index contributed by atoms with van der Waals surface area (Å²) in [5, 5.41) is 5.93. The molecule has 1 amide bonds. The third kappa shape index (κ3) is 3.88. The summed E-state index contributed by atoms with van der Waals surface area (Å²) in [6.07, 6.45) is 0. The van der Waals surface area contributed by atoms with E-state index < -0.39 is 17.5 Å². The van der Waals surface area contributed by atoms with Crippen molar-refractivity contribution >= 4 is 33.9 Å². The summed E-state index contributed by atoms with van der Waals surface area (Å²) in [6, 6.07) is 2.90. The van der Waals surface area contributed by atoms with Crippen molar-refractivity contribution in [2.45, 2.75) is 19.9 Å². The van der Waals surface area contributed by atoms with E-state index in [1.807, 2.05) is 13.8 Å². The van der Waals surface area contributed by atoms with E-state index in [0.29, 0.717) is 5.13 Å². The molecule has 0 fully saturated rings. The van der Waals surface area contributed by atoms with Crippen molar-refractivity contribution in [3.8, 4) is 0 Å². The standard InChI is InChI=1S/C13H14F2N4OS/c1-6(2)17-13-19-11(16)10(21-13)12(20)18-9-4-7(14)3-8(15)5-9/h3-6H,16H2,1-2H3,(H,17,19)(H,18,20). The molecule has 0 aliphatic heterocycles. The minimum atomic E-state index is -0.773. The van der Waals surface area contributed by atoms with E-state index in [1.165, 1.54) is 0 Å². The van der Waals surface area contributed by atoms with Crippen LogP contribution in [0.4, 0.5) is 25.4 Å². The predicted molar refractivity (Wildman–Crippen MR) is 79.6 cm³/mol. The Kier molecular flexibility index (Phi) is 4.37. The molecule has 2 aromatic rings. The summed E-state index contributed by atoms with van der Waals surface area (Å²) < 4.78 is 26.1. The van der Waals surface area contributed by atoms with Crippen LogP contribution in [0.3, 0.4) is 0 Å². The van der Waals surface area contributed by atoms with E-state index in [9.17, 15) is 13.6 Å². The van der Waals surface area contributed by atoms with Crippen LogP contribution in [-0.4, -0.2) is 16.9 Å². The van der Waals surface area contributed by atoms with Gasteiger partial charge < -0.3 is 16.4 Å². The second kappa shape index (κ2) is 6.04. The Bertz CT molecular complexity index is 652. The van der Waals surface area contributed by atoms with Crippen LogP contribution >= 0.6 is 11.3 Å². The Morgan fingerprint density at radius 2 is 1.90 bits per heavy atom. The van der Waals surface area contributed by atoms with E-state index in [4.69, 9.17) is 5.73 Å². The number of aromatic nitrogens is 1. The number of carbonyl (C=O) groups excluding carboxylic acids is 1. The monoisotopic (exact) mass is 312 g/mol. The molecule has 0 aliphatic carbocycles. The summed E-state index contributed by atoms with van der Waals surface area (Å²) in [5.74, 6) is -2.04. The van der Waals surface area contributed by atoms with E-state index in [2.05, 4.69) is 15.6 Å². The first kappa shape index (κ1) is 15.2. The Morgan fingerprint density at radius 1 is 1.29 bits per heavy atom. The number of nitrogens with two attached hydrogens (primary N) is 1. The third-order valence-corrected chi connectivity index (χ3v) is 3.39. The second-order valence-corrected chi connectivity index (χ2v) is 5.64. The van der Waals surface area contributed by atoms with Crippen molar-refractivity contribution in [1.29, 1.82) is 0 Å². The Morgan fingerprint density at radius 3 is 2.48 bits per heavy atom. The molecule has 0 aliphatic rings. The highest BCUT2D eigenvalue weighted by atomic mass is 32.1. The normalized spacial score (nSPS) is 10.7. The van der Waals surface area contributed by atoms with Crippen molar-refractivity contribution in [3.05, 3.63) is 34.7 Å². The van der Waals surface area contributed by atoms with Crippen LogP contribution in [0.5, 0.6) is 0 Å². The van der Waals surface area contributed by atoms with Gasteiger partial charge in [0.2, 0.25) is 0 Å². The fourth-order valence-electron chi connectivity index (χ4n) is 1.62. The van der Waals surface area contributed by atoms with Crippen molar-refractivity contribution in [1.82, 2.24) is 4.98 Å². The Hall–Kier alpha value is -2.22. The first-order valence-electron chi connectivity index (χ1n) is 6.15. The molecule has 0 spiro atoms. The molecule has 0 saturated heterocycles. The van der Waals surface area contributed by atoms with Gasteiger partial charge in [-0.1, -0.05) is 11.3 Å². The van der Waals surface area contributed by atoms with Gasteiger partial charge in [-0.3, -0.25) is 4.79 Å². The molecule has 5 nitrogen and oxygen atoms in total. The van der Waals surface area contributed by atoms with E-state index >= 15 is 0 Å². The highest BCUT2D eigenvalue weighted by Crippen LogP contribution is 2.26. The van der Waals surface area contributed by atoms with Gasteiger partial charge in [-0.25, -0.2) is 13.8 Å². The number of halogens is 2. The molecule has 1 aromatic carbocycles. The SMILES string of the molecule is CC(C)Nc1nc(N)c(C(=O)Nc2cc(F)cc(F)c2)s1. The van der Waals surface area contributed by atoms with E-state index in [0.717, 1.165) is 29.5 Å². The van der Waals surface area contributed by atoms with E-state index in [-0.39, 0.29) is 22.4 Å². The maximum Gasteiger partial charge on any atom is 0.269 e. The zero-order chi connectivity index (χ0) is 15.6. The molecule has 112 valence electrons. The zero-order valence-corrected chi connectivity index (χ0v) is 12.2. The summed E-state index contributed by atoms with van der Waals surface area (Å²) >= 11 is 1.08. The number of rotatable bonds is 4. The van der Waals surface area contributed by atoms with Gasteiger partial charge in [0.1, 0.15) is 22.3 Å². The smallest absolute Gasteiger partial charge is 0.269 e. The van der Waals surface area contributed by atoms with Gasteiger partial charge >= 0.3 is 0 Å². The van der Waals surface area contributed by atoms with Crippen molar-refractivity contribution in [3.63, 3.8) is 0 Å². The molecule has 0 saturated carbocycles. The third-order valence-electron chi connectivity index (χ3n) is 2.39. The average Bonchev–Trinajstić information content (AvgIpc) is 2.67. The molecule has 1 aromatic heterocycles. The van der Waals surface area contributed by atoms with Gasteiger partial charge in [0.05, 0.1) is 0 Å². The number of thiazole rings is 1. The second-order valence-electron chi connectivity index (χ2n) is 4.64. The molecule has 2 rings (SSSR count). The predicted octanol–water partition coefficient (Wildman–Crippen LogP) is 3.08. The highest BCUT2D eigenvalue weighted by Gasteiger charge is 2.17. The summed E-state index contributed by atoms with van der Waals surface area (Å²) in [7, 11) is 0. The lowest BCUT2D eigenvalue weighted by molar-refractivity contribution is 0.103. The number of carbonyl (C=O) groups is 1. The summed E-state index contributed by atoms with van der Waals surface area (Å²) in [6.45, 7) is 3.85. The number of benzene rings is 1. The van der Waals surface area contributed by atoms with Crippen LogP contribution in [0.1, 0.15) is 23.5 Å². The van der Waals surface area contributed by atoms with Crippen LogP contribution < -0.4 is 16.4 Å². The number of amides is 1. The number of hydrogen-bond acceptors (Lipinski definition) is 5. The lowest BCUT2D eigenvalue weighted by Crippen LogP contribution is -2.12. The quantitative estimate of drug-likeness (QED) is 0.810. The van der Waals surface area contributed by atoms with Gasteiger partial charge in [-0.15, -0.1) is 0 Å². The molecule has 8 heteroatoms. The molecule has 0 unspecified atom stereocenters. The largest absolute Gasteiger partial charge is 0.382 e. The minimum Gasteiger partial charge on any atom is -0.382 e. The highest BCUT2D eigenvalue weighted by molar-refractivity contribution is 7.18. The number of hydrogen-bond donors (Lipinski definition) is 3. The first-order chi connectivity index (χ1) is 9.85. The van der Waals surface area contributed by atoms with Crippen molar-refractivity contribution in [2.24, 2.45) is 0 Å². The molecule has 21 heavy (non-hydrogen) atoms. The van der Waals surface area contributed by atoms with Crippen LogP contribution in [0.25, 0.3) is 0 Å². The first-order valence-corrected chi connectivity index (χ1v) is 6.97. The average molecular weight is 312 g/mol. The maximum absolute atomic E-state index is 13.1. The molecule has 4 N–H and O–H groups in total. The summed E-state index contributed by atoms with van der Waals surface area (Å²) in [4.78, 5) is 16.3. The van der Waals surface area contributed by atoms with Crippen LogP contribution in [0.15, 0.2) is 18.2 Å². The fraction of sp³-hybridized carbons (Fsp3) is 0.231. The molecular weight excluding hydrogens is 298 g/mol. The molecular formula is C13H14F2N4OS. The maximum atomic E-state index is 13.1. The summed E-state index contributed by atoms with van der Waals surface area (Å²) in [5.41, 5.74) is 5.70. The van der Waals surface area contributed by atoms with Gasteiger partial charge in [0.15, 0.2) is 5.13 Å². The van der Waals surface area contributed by atoms with Gasteiger partial charge in [0, 0.05) is 17.8 Å². The van der Waals surface area contributed by atoms with Crippen LogP contribution in [0.2, 0.25) is 0 Å². The molecule has 1 heterocycles. The van der Waals surface area contributed by atoms with Crippen LogP contribution in [-0.2, 0) is 0 Å². The number of anilines is 3. The van der Waals surface area contributed by atoms with Crippen molar-refractivity contribution in [2.75, 3.05) is 16.4 Å². The van der Waals surface area contributed by atoms with Crippen LogP contribution in [0, 0.1) is 11.6 Å². The molecule has 0 bridgehead atoms. The van der Waals surface area contributed by atoms with Gasteiger partial charge in [-0.05, 0) is 26.0 Å². The zero-order valence-electron chi connectivity index (χ0n) is 11.4. The number of nitrogens with one attached hydrogen (secondary N) is 2. The molecule has 0 radical (unpaired) electrons. The van der Waals surface area contributed by atoms with E-state index in [1.54, 1.807) is 0 Å². The van der Waals surface area contributed by atoms with Gasteiger partial charge in [-0.2, -0.15) is 0 Å². The lowest BCUT2D eigenvalue weighted by Gasteiger charge is -2.05. The Labute approximate surface area is 124 Å². The molecule has 0 atom stereocenters. The Balaban J connectivity index is 2.18. The lowest BCUT2D eigenvalue weighted by atomic mass is 10.3.